The summed E-state index contributed by atoms with van der Waals surface area (Å²) in [5.74, 6) is -0.00672. The highest BCUT2D eigenvalue weighted by molar-refractivity contribution is 7.13. The number of aromatic nitrogens is 5. The molecule has 124 valence electrons. The Morgan fingerprint density at radius 1 is 1.21 bits per heavy atom. The number of hydrogen-bond donors (Lipinski definition) is 0. The lowest BCUT2D eigenvalue weighted by molar-refractivity contribution is 0.0730. The standard InChI is InChI=1S/C16H18N6OS/c1-20-8-11(6-17-20)14-4-3-5-22(14)16(23)13-10-24-15(19-13)12-7-18-21(2)9-12/h6-10,14H,3-5H2,1-2H3/t14-/m1/s1. The summed E-state index contributed by atoms with van der Waals surface area (Å²) in [4.78, 5) is 19.3. The summed E-state index contributed by atoms with van der Waals surface area (Å²) in [6.07, 6.45) is 9.47. The molecule has 3 aromatic heterocycles. The van der Waals surface area contributed by atoms with Crippen molar-refractivity contribution in [3.05, 3.63) is 41.4 Å². The molecule has 0 radical (unpaired) electrons. The minimum absolute atomic E-state index is 0.00672. The Morgan fingerprint density at radius 2 is 2.00 bits per heavy atom. The Balaban J connectivity index is 1.58. The van der Waals surface area contributed by atoms with Crippen molar-refractivity contribution >= 4 is 17.2 Å². The van der Waals surface area contributed by atoms with E-state index in [-0.39, 0.29) is 11.9 Å². The fourth-order valence-corrected chi connectivity index (χ4v) is 3.92. The molecular weight excluding hydrogens is 324 g/mol. The smallest absolute Gasteiger partial charge is 0.273 e. The molecule has 0 N–H and O–H groups in total. The van der Waals surface area contributed by atoms with E-state index in [9.17, 15) is 4.79 Å². The van der Waals surface area contributed by atoms with Crippen LogP contribution in [0.4, 0.5) is 0 Å². The van der Waals surface area contributed by atoms with E-state index in [1.165, 1.54) is 11.3 Å². The first-order valence-electron chi connectivity index (χ1n) is 7.86. The van der Waals surface area contributed by atoms with Crippen LogP contribution in [-0.4, -0.2) is 41.9 Å². The van der Waals surface area contributed by atoms with Crippen LogP contribution >= 0.6 is 11.3 Å². The molecule has 0 spiro atoms. The fraction of sp³-hybridized carbons (Fsp3) is 0.375. The second-order valence-electron chi connectivity index (χ2n) is 6.04. The lowest BCUT2D eigenvalue weighted by atomic mass is 10.1. The second-order valence-corrected chi connectivity index (χ2v) is 6.90. The molecule has 3 aromatic rings. The molecule has 1 aliphatic rings. The number of amides is 1. The fourth-order valence-electron chi connectivity index (χ4n) is 3.15. The number of nitrogens with zero attached hydrogens (tertiary/aromatic N) is 6. The zero-order chi connectivity index (χ0) is 16.7. The van der Waals surface area contributed by atoms with Crippen LogP contribution in [0.25, 0.3) is 10.6 Å². The van der Waals surface area contributed by atoms with E-state index in [0.717, 1.165) is 35.5 Å². The third-order valence-corrected chi connectivity index (χ3v) is 5.19. The maximum Gasteiger partial charge on any atom is 0.273 e. The highest BCUT2D eigenvalue weighted by Gasteiger charge is 2.32. The zero-order valence-corrected chi connectivity index (χ0v) is 14.4. The third-order valence-electron chi connectivity index (χ3n) is 4.30. The molecule has 1 atom stereocenters. The van der Waals surface area contributed by atoms with Gasteiger partial charge in [0.1, 0.15) is 10.7 Å². The van der Waals surface area contributed by atoms with Gasteiger partial charge in [-0.15, -0.1) is 11.3 Å². The molecule has 1 aliphatic heterocycles. The number of carbonyl (C=O) groups excluding carboxylic acids is 1. The van der Waals surface area contributed by atoms with Crippen molar-refractivity contribution in [2.75, 3.05) is 6.54 Å². The van der Waals surface area contributed by atoms with Gasteiger partial charge in [-0.05, 0) is 12.8 Å². The van der Waals surface area contributed by atoms with Gasteiger partial charge in [-0.1, -0.05) is 0 Å². The molecule has 0 aliphatic carbocycles. The number of thiazole rings is 1. The minimum atomic E-state index is -0.00672. The molecule has 0 bridgehead atoms. The second kappa shape index (κ2) is 5.86. The number of likely N-dealkylation sites (tertiary alicyclic amines) is 1. The normalized spacial score (nSPS) is 17.6. The van der Waals surface area contributed by atoms with E-state index in [2.05, 4.69) is 15.2 Å². The molecule has 1 fully saturated rings. The average molecular weight is 342 g/mol. The summed E-state index contributed by atoms with van der Waals surface area (Å²) in [5, 5.41) is 11.0. The molecule has 8 heteroatoms. The predicted molar refractivity (Wildman–Crippen MR) is 90.5 cm³/mol. The number of rotatable bonds is 3. The van der Waals surface area contributed by atoms with Crippen molar-refractivity contribution in [2.24, 2.45) is 14.1 Å². The summed E-state index contributed by atoms with van der Waals surface area (Å²) in [5.41, 5.74) is 2.53. The van der Waals surface area contributed by atoms with E-state index >= 15 is 0 Å². The van der Waals surface area contributed by atoms with Gasteiger partial charge in [-0.2, -0.15) is 10.2 Å². The van der Waals surface area contributed by atoms with Gasteiger partial charge in [0.15, 0.2) is 0 Å². The van der Waals surface area contributed by atoms with E-state index in [0.29, 0.717) is 5.69 Å². The topological polar surface area (TPSA) is 68.8 Å². The largest absolute Gasteiger partial charge is 0.330 e. The number of hydrogen-bond acceptors (Lipinski definition) is 5. The van der Waals surface area contributed by atoms with Crippen molar-refractivity contribution in [1.82, 2.24) is 29.4 Å². The van der Waals surface area contributed by atoms with Gasteiger partial charge in [0.2, 0.25) is 0 Å². The van der Waals surface area contributed by atoms with Crippen LogP contribution in [0, 0.1) is 0 Å². The van der Waals surface area contributed by atoms with Crippen molar-refractivity contribution in [3.8, 4) is 10.6 Å². The Labute approximate surface area is 143 Å². The van der Waals surface area contributed by atoms with Crippen molar-refractivity contribution in [1.29, 1.82) is 0 Å². The maximum absolute atomic E-state index is 12.9. The first-order chi connectivity index (χ1) is 11.6. The van der Waals surface area contributed by atoms with Crippen LogP contribution in [0.1, 0.15) is 34.9 Å². The minimum Gasteiger partial charge on any atom is -0.330 e. The first-order valence-corrected chi connectivity index (χ1v) is 8.74. The van der Waals surface area contributed by atoms with E-state index in [1.807, 2.05) is 43.0 Å². The number of aryl methyl sites for hydroxylation is 2. The summed E-state index contributed by atoms with van der Waals surface area (Å²) < 4.78 is 3.51. The third kappa shape index (κ3) is 2.62. The van der Waals surface area contributed by atoms with Gasteiger partial charge in [0, 0.05) is 49.5 Å². The molecular formula is C16H18N6OS. The van der Waals surface area contributed by atoms with Crippen LogP contribution in [-0.2, 0) is 14.1 Å². The first kappa shape index (κ1) is 15.1. The van der Waals surface area contributed by atoms with Gasteiger partial charge in [0.25, 0.3) is 5.91 Å². The van der Waals surface area contributed by atoms with Crippen molar-refractivity contribution in [2.45, 2.75) is 18.9 Å². The highest BCUT2D eigenvalue weighted by atomic mass is 32.1. The molecule has 1 amide bonds. The molecule has 1 saturated heterocycles. The maximum atomic E-state index is 12.9. The molecule has 4 heterocycles. The van der Waals surface area contributed by atoms with Crippen LogP contribution in [0.15, 0.2) is 30.2 Å². The van der Waals surface area contributed by atoms with Crippen LogP contribution in [0.5, 0.6) is 0 Å². The van der Waals surface area contributed by atoms with Gasteiger partial charge >= 0.3 is 0 Å². The summed E-state index contributed by atoms with van der Waals surface area (Å²) in [6, 6.07) is 0.0924. The Kier molecular flexibility index (Phi) is 3.68. The Hall–Kier alpha value is -2.48. The molecule has 7 nitrogen and oxygen atoms in total. The SMILES string of the molecule is Cn1cc(-c2nc(C(=O)N3CCC[C@@H]3c3cnn(C)c3)cs2)cn1. The lowest BCUT2D eigenvalue weighted by Crippen LogP contribution is -2.30. The summed E-state index contributed by atoms with van der Waals surface area (Å²) >= 11 is 1.48. The van der Waals surface area contributed by atoms with Crippen LogP contribution < -0.4 is 0 Å². The Bertz CT molecular complexity index is 879. The lowest BCUT2D eigenvalue weighted by Gasteiger charge is -2.22. The monoisotopic (exact) mass is 342 g/mol. The van der Waals surface area contributed by atoms with Crippen molar-refractivity contribution < 1.29 is 4.79 Å². The predicted octanol–water partition coefficient (Wildman–Crippen LogP) is 2.25. The molecule has 4 rings (SSSR count). The molecule has 0 aromatic carbocycles. The van der Waals surface area contributed by atoms with Gasteiger partial charge in [-0.25, -0.2) is 4.98 Å². The van der Waals surface area contributed by atoms with Gasteiger partial charge < -0.3 is 4.90 Å². The average Bonchev–Trinajstić information content (AvgIpc) is 3.33. The summed E-state index contributed by atoms with van der Waals surface area (Å²) in [7, 11) is 3.76. The Morgan fingerprint density at radius 3 is 2.71 bits per heavy atom. The van der Waals surface area contributed by atoms with Gasteiger partial charge in [-0.3, -0.25) is 14.2 Å². The van der Waals surface area contributed by atoms with E-state index in [4.69, 9.17) is 0 Å². The highest BCUT2D eigenvalue weighted by Crippen LogP contribution is 2.33. The molecule has 24 heavy (non-hydrogen) atoms. The van der Waals surface area contributed by atoms with Crippen molar-refractivity contribution in [3.63, 3.8) is 0 Å². The zero-order valence-electron chi connectivity index (χ0n) is 13.6. The van der Waals surface area contributed by atoms with E-state index < -0.39 is 0 Å². The summed E-state index contributed by atoms with van der Waals surface area (Å²) in [6.45, 7) is 0.762. The quantitative estimate of drug-likeness (QED) is 0.732. The molecule has 0 unspecified atom stereocenters. The van der Waals surface area contributed by atoms with Gasteiger partial charge in [0.05, 0.1) is 18.4 Å². The molecule has 0 saturated carbocycles. The van der Waals surface area contributed by atoms with E-state index in [1.54, 1.807) is 15.6 Å². The number of carbonyl (C=O) groups is 1. The van der Waals surface area contributed by atoms with Crippen LogP contribution in [0.3, 0.4) is 0 Å². The van der Waals surface area contributed by atoms with Crippen LogP contribution in [0.2, 0.25) is 0 Å².